The van der Waals surface area contributed by atoms with Crippen LogP contribution in [0.1, 0.15) is 12.8 Å². The van der Waals surface area contributed by atoms with Crippen LogP contribution in [0.15, 0.2) is 12.1 Å². The molecular weight excluding hydrogens is 307 g/mol. The summed E-state index contributed by atoms with van der Waals surface area (Å²) in [4.78, 5) is 0. The van der Waals surface area contributed by atoms with Crippen molar-refractivity contribution in [3.8, 4) is 0 Å². The van der Waals surface area contributed by atoms with Crippen molar-refractivity contribution in [1.82, 2.24) is 0 Å². The number of alkyl halides is 3. The summed E-state index contributed by atoms with van der Waals surface area (Å²) in [7, 11) is -4.26. The van der Waals surface area contributed by atoms with Crippen LogP contribution >= 0.6 is 0 Å². The molecule has 0 saturated heterocycles. The molecule has 0 aliphatic heterocycles. The molecule has 1 aromatic carbocycles. The number of halogens is 5. The fraction of sp³-hybridized carbons (Fsp3) is 0.400. The minimum Gasteiger partial charge on any atom is -0.397 e. The average molecular weight is 318 g/mol. The Kier molecular flexibility index (Phi) is 4.79. The minimum atomic E-state index is -4.49. The van der Waals surface area contributed by atoms with Gasteiger partial charge in [-0.25, -0.2) is 17.2 Å². The Morgan fingerprint density at radius 1 is 1.20 bits per heavy atom. The fourth-order valence-electron chi connectivity index (χ4n) is 1.34. The molecule has 114 valence electrons. The van der Waals surface area contributed by atoms with Gasteiger partial charge in [-0.05, 0) is 18.6 Å². The average Bonchev–Trinajstić information content (AvgIpc) is 2.28. The molecule has 0 aliphatic carbocycles. The smallest absolute Gasteiger partial charge is 0.389 e. The van der Waals surface area contributed by atoms with Crippen LogP contribution in [-0.2, 0) is 10.0 Å². The molecule has 10 heteroatoms. The number of rotatable bonds is 5. The van der Waals surface area contributed by atoms with Crippen LogP contribution in [0.2, 0.25) is 0 Å². The Morgan fingerprint density at radius 3 is 2.35 bits per heavy atom. The molecule has 0 aliphatic rings. The highest BCUT2D eigenvalue weighted by molar-refractivity contribution is 7.92. The Bertz CT molecular complexity index is 586. The fourth-order valence-corrected chi connectivity index (χ4v) is 2.48. The van der Waals surface area contributed by atoms with Crippen molar-refractivity contribution < 1.29 is 30.4 Å². The number of hydrogen-bond donors (Lipinski definition) is 2. The van der Waals surface area contributed by atoms with Crippen molar-refractivity contribution in [3.05, 3.63) is 23.8 Å². The van der Waals surface area contributed by atoms with Crippen molar-refractivity contribution >= 4 is 21.4 Å². The highest BCUT2D eigenvalue weighted by Gasteiger charge is 2.28. The van der Waals surface area contributed by atoms with Gasteiger partial charge in [-0.3, -0.25) is 4.72 Å². The van der Waals surface area contributed by atoms with E-state index in [0.29, 0.717) is 6.07 Å². The van der Waals surface area contributed by atoms with Gasteiger partial charge < -0.3 is 5.73 Å². The maximum Gasteiger partial charge on any atom is 0.389 e. The summed E-state index contributed by atoms with van der Waals surface area (Å²) < 4.78 is 86.6. The van der Waals surface area contributed by atoms with Gasteiger partial charge in [-0.15, -0.1) is 0 Å². The van der Waals surface area contributed by atoms with E-state index in [4.69, 9.17) is 5.73 Å². The van der Waals surface area contributed by atoms with Gasteiger partial charge in [0.25, 0.3) is 0 Å². The molecule has 0 bridgehead atoms. The third-order valence-electron chi connectivity index (χ3n) is 2.26. The topological polar surface area (TPSA) is 72.2 Å². The number of anilines is 2. The second-order valence-corrected chi connectivity index (χ2v) is 5.81. The molecule has 0 saturated carbocycles. The molecule has 0 amide bonds. The van der Waals surface area contributed by atoms with E-state index in [1.807, 2.05) is 0 Å². The van der Waals surface area contributed by atoms with Crippen LogP contribution in [0.25, 0.3) is 0 Å². The van der Waals surface area contributed by atoms with Gasteiger partial charge in [0, 0.05) is 6.42 Å². The molecule has 3 N–H and O–H groups in total. The van der Waals surface area contributed by atoms with Crippen LogP contribution in [0.4, 0.5) is 33.3 Å². The van der Waals surface area contributed by atoms with E-state index in [9.17, 15) is 30.4 Å². The van der Waals surface area contributed by atoms with Crippen molar-refractivity contribution in [2.24, 2.45) is 0 Å². The maximum absolute atomic E-state index is 13.3. The van der Waals surface area contributed by atoms with Gasteiger partial charge in [-0.2, -0.15) is 13.2 Å². The van der Waals surface area contributed by atoms with Gasteiger partial charge in [0.1, 0.15) is 5.69 Å². The summed E-state index contributed by atoms with van der Waals surface area (Å²) in [5.41, 5.74) is 4.10. The van der Waals surface area contributed by atoms with Gasteiger partial charge in [0.15, 0.2) is 11.6 Å². The van der Waals surface area contributed by atoms with Gasteiger partial charge in [-0.1, -0.05) is 0 Å². The molecule has 1 aromatic rings. The molecule has 0 fully saturated rings. The normalized spacial score (nSPS) is 12.4. The molecular formula is C10H11F5N2O2S. The first-order chi connectivity index (χ1) is 9.02. The van der Waals surface area contributed by atoms with E-state index in [2.05, 4.69) is 0 Å². The van der Waals surface area contributed by atoms with Crippen LogP contribution in [0.3, 0.4) is 0 Å². The van der Waals surface area contributed by atoms with Crippen LogP contribution in [0, 0.1) is 11.6 Å². The van der Waals surface area contributed by atoms with E-state index in [1.165, 1.54) is 0 Å². The Morgan fingerprint density at radius 2 is 1.80 bits per heavy atom. The highest BCUT2D eigenvalue weighted by atomic mass is 32.2. The number of hydrogen-bond acceptors (Lipinski definition) is 3. The molecule has 20 heavy (non-hydrogen) atoms. The Hall–Kier alpha value is -1.58. The van der Waals surface area contributed by atoms with Crippen molar-refractivity contribution in [2.75, 3.05) is 16.2 Å². The summed E-state index contributed by atoms with van der Waals surface area (Å²) in [6.45, 7) is 0. The monoisotopic (exact) mass is 318 g/mol. The highest BCUT2D eigenvalue weighted by Crippen LogP contribution is 2.26. The molecule has 0 unspecified atom stereocenters. The zero-order chi connectivity index (χ0) is 15.6. The SMILES string of the molecule is Nc1ccc(F)c(F)c1NS(=O)(=O)CCCC(F)(F)F. The van der Waals surface area contributed by atoms with Crippen LogP contribution in [-0.4, -0.2) is 20.3 Å². The van der Waals surface area contributed by atoms with Gasteiger partial charge in [0.2, 0.25) is 10.0 Å². The lowest BCUT2D eigenvalue weighted by atomic mass is 10.2. The zero-order valence-electron chi connectivity index (χ0n) is 9.97. The van der Waals surface area contributed by atoms with Crippen molar-refractivity contribution in [2.45, 2.75) is 19.0 Å². The number of nitrogen functional groups attached to an aromatic ring is 1. The number of nitrogens with one attached hydrogen (secondary N) is 1. The van der Waals surface area contributed by atoms with E-state index in [1.54, 1.807) is 4.72 Å². The lowest BCUT2D eigenvalue weighted by Crippen LogP contribution is -2.20. The van der Waals surface area contributed by atoms with Crippen molar-refractivity contribution in [1.29, 1.82) is 0 Å². The maximum atomic E-state index is 13.3. The van der Waals surface area contributed by atoms with Crippen molar-refractivity contribution in [3.63, 3.8) is 0 Å². The third-order valence-corrected chi connectivity index (χ3v) is 3.60. The third kappa shape index (κ3) is 4.83. The van der Waals surface area contributed by atoms with Crippen LogP contribution in [0.5, 0.6) is 0 Å². The quantitative estimate of drug-likeness (QED) is 0.647. The standard InChI is InChI=1S/C10H11F5N2O2S/c11-6-2-3-7(16)9(8(6)12)17-20(18,19)5-1-4-10(13,14)15/h2-3,17H,1,4-5,16H2. The van der Waals surface area contributed by atoms with E-state index in [-0.39, 0.29) is 5.69 Å². The summed E-state index contributed by atoms with van der Waals surface area (Å²) in [5, 5.41) is 0. The summed E-state index contributed by atoms with van der Waals surface area (Å²) in [5.74, 6) is -3.72. The van der Waals surface area contributed by atoms with E-state index < -0.39 is 52.1 Å². The number of nitrogens with two attached hydrogens (primary N) is 1. The summed E-state index contributed by atoms with van der Waals surface area (Å²) in [6.07, 6.45) is -6.48. The first kappa shape index (κ1) is 16.5. The summed E-state index contributed by atoms with van der Waals surface area (Å²) >= 11 is 0. The lowest BCUT2D eigenvalue weighted by Gasteiger charge is -2.12. The zero-order valence-corrected chi connectivity index (χ0v) is 10.8. The lowest BCUT2D eigenvalue weighted by molar-refractivity contribution is -0.134. The van der Waals surface area contributed by atoms with Gasteiger partial charge >= 0.3 is 6.18 Å². The first-order valence-electron chi connectivity index (χ1n) is 5.32. The second-order valence-electron chi connectivity index (χ2n) is 3.97. The summed E-state index contributed by atoms with van der Waals surface area (Å²) in [6, 6.07) is 1.64. The first-order valence-corrected chi connectivity index (χ1v) is 6.98. The molecule has 0 radical (unpaired) electrons. The van der Waals surface area contributed by atoms with Crippen LogP contribution < -0.4 is 10.5 Å². The predicted molar refractivity (Wildman–Crippen MR) is 63.5 cm³/mol. The predicted octanol–water partition coefficient (Wildman–Crippen LogP) is 2.63. The molecule has 1 rings (SSSR count). The second kappa shape index (κ2) is 5.81. The minimum absolute atomic E-state index is 0.372. The molecule has 4 nitrogen and oxygen atoms in total. The van der Waals surface area contributed by atoms with E-state index >= 15 is 0 Å². The molecule has 0 aromatic heterocycles. The Balaban J connectivity index is 2.80. The molecule has 0 heterocycles. The molecule has 0 atom stereocenters. The Labute approximate surface area is 111 Å². The van der Waals surface area contributed by atoms with E-state index in [0.717, 1.165) is 6.07 Å². The largest absolute Gasteiger partial charge is 0.397 e. The molecule has 0 spiro atoms. The number of sulfonamides is 1. The van der Waals surface area contributed by atoms with Gasteiger partial charge in [0.05, 0.1) is 11.4 Å². The number of benzene rings is 1.